The Morgan fingerprint density at radius 2 is 1.90 bits per heavy atom. The summed E-state index contributed by atoms with van der Waals surface area (Å²) in [6.07, 6.45) is 0.479. The van der Waals surface area contributed by atoms with Crippen LogP contribution < -0.4 is 18.7 Å². The first-order valence-corrected chi connectivity index (χ1v) is 10.9. The van der Waals surface area contributed by atoms with E-state index in [4.69, 9.17) is 13.9 Å². The van der Waals surface area contributed by atoms with Crippen LogP contribution in [0, 0.1) is 0 Å². The van der Waals surface area contributed by atoms with Crippen LogP contribution in [0.1, 0.15) is 19.8 Å². The van der Waals surface area contributed by atoms with E-state index in [9.17, 15) is 18.0 Å². The van der Waals surface area contributed by atoms with Crippen LogP contribution in [0.3, 0.4) is 0 Å². The third-order valence-corrected chi connectivity index (χ3v) is 6.69. The summed E-state index contributed by atoms with van der Waals surface area (Å²) in [5.74, 6) is -0.225. The number of rotatable bonds is 7. The Balaban J connectivity index is 2.22. The van der Waals surface area contributed by atoms with E-state index in [-0.39, 0.29) is 22.8 Å². The van der Waals surface area contributed by atoms with Crippen molar-refractivity contribution in [3.05, 3.63) is 46.1 Å². The molecular weight excluding hydrogens is 418 g/mol. The van der Waals surface area contributed by atoms with Crippen LogP contribution >= 0.6 is 11.3 Å². The number of hydrogen-bond donors (Lipinski definition) is 0. The van der Waals surface area contributed by atoms with Gasteiger partial charge in [-0.1, -0.05) is 18.3 Å². The fourth-order valence-electron chi connectivity index (χ4n) is 2.80. The number of fused-ring (bicyclic) bond motifs is 1. The summed E-state index contributed by atoms with van der Waals surface area (Å²) < 4.78 is 43.6. The molecule has 0 radical (unpaired) electrons. The molecule has 10 heteroatoms. The number of amides is 1. The molecule has 0 aliphatic carbocycles. The lowest BCUT2D eigenvalue weighted by atomic mass is 10.2. The number of anilines is 1. The van der Waals surface area contributed by atoms with Gasteiger partial charge in [-0.2, -0.15) is 0 Å². The molecule has 0 N–H and O–H groups in total. The van der Waals surface area contributed by atoms with Crippen molar-refractivity contribution in [3.63, 3.8) is 0 Å². The number of carbonyl (C=O) groups is 1. The number of nitrogens with zero attached hydrogens (tertiary/aromatic N) is 1. The fourth-order valence-corrected chi connectivity index (χ4v) is 5.12. The van der Waals surface area contributed by atoms with E-state index in [2.05, 4.69) is 0 Å². The van der Waals surface area contributed by atoms with Crippen LogP contribution in [-0.4, -0.2) is 28.5 Å². The highest BCUT2D eigenvalue weighted by Gasteiger charge is 2.33. The van der Waals surface area contributed by atoms with E-state index in [1.54, 1.807) is 13.0 Å². The highest BCUT2D eigenvalue weighted by molar-refractivity contribution is 7.93. The van der Waals surface area contributed by atoms with Crippen molar-refractivity contribution in [2.75, 3.05) is 18.5 Å². The minimum Gasteiger partial charge on any atom is -0.497 e. The van der Waals surface area contributed by atoms with Crippen LogP contribution in [-0.2, 0) is 14.8 Å². The molecule has 1 aromatic heterocycles. The topological polar surface area (TPSA) is 103 Å². The van der Waals surface area contributed by atoms with Gasteiger partial charge in [0.2, 0.25) is 5.91 Å². The van der Waals surface area contributed by atoms with Crippen molar-refractivity contribution in [2.45, 2.75) is 24.7 Å². The molecule has 8 nitrogen and oxygen atoms in total. The molecule has 0 saturated heterocycles. The van der Waals surface area contributed by atoms with Gasteiger partial charge in [0.1, 0.15) is 22.0 Å². The van der Waals surface area contributed by atoms with Gasteiger partial charge in [-0.25, -0.2) is 17.5 Å². The third kappa shape index (κ3) is 3.99. The molecule has 3 rings (SSSR count). The van der Waals surface area contributed by atoms with Gasteiger partial charge >= 0.3 is 4.94 Å². The quantitative estimate of drug-likeness (QED) is 0.558. The highest BCUT2D eigenvalue weighted by atomic mass is 32.2. The Hall–Kier alpha value is -2.85. The van der Waals surface area contributed by atoms with Gasteiger partial charge in [0.05, 0.1) is 24.6 Å². The average Bonchev–Trinajstić information content (AvgIpc) is 3.07. The molecule has 3 aromatic rings. The second-order valence-corrected chi connectivity index (χ2v) is 8.75. The maximum atomic E-state index is 13.5. The van der Waals surface area contributed by atoms with Crippen molar-refractivity contribution in [2.24, 2.45) is 0 Å². The minimum absolute atomic E-state index is 0.0190. The van der Waals surface area contributed by atoms with Crippen molar-refractivity contribution in [3.8, 4) is 11.5 Å². The summed E-state index contributed by atoms with van der Waals surface area (Å²) in [6, 6.07) is 8.66. The van der Waals surface area contributed by atoms with E-state index in [0.717, 1.165) is 15.6 Å². The Kier molecular flexibility index (Phi) is 5.94. The summed E-state index contributed by atoms with van der Waals surface area (Å²) in [5, 5.41) is 0. The maximum absolute atomic E-state index is 13.5. The van der Waals surface area contributed by atoms with Gasteiger partial charge < -0.3 is 13.9 Å². The molecule has 0 bridgehead atoms. The number of ether oxygens (including phenoxy) is 2. The smallest absolute Gasteiger partial charge is 0.396 e. The number of methoxy groups -OCH3 is 2. The molecule has 0 unspecified atom stereocenters. The number of hydrogen-bond acceptors (Lipinski definition) is 8. The van der Waals surface area contributed by atoms with E-state index in [1.807, 2.05) is 0 Å². The lowest BCUT2D eigenvalue weighted by Crippen LogP contribution is -2.37. The van der Waals surface area contributed by atoms with Gasteiger partial charge in [-0.3, -0.25) is 4.79 Å². The van der Waals surface area contributed by atoms with E-state index < -0.39 is 20.9 Å². The molecule has 2 aromatic carbocycles. The van der Waals surface area contributed by atoms with Crippen LogP contribution in [0.25, 0.3) is 10.3 Å². The van der Waals surface area contributed by atoms with E-state index >= 15 is 0 Å². The van der Waals surface area contributed by atoms with Crippen molar-refractivity contribution in [1.29, 1.82) is 0 Å². The van der Waals surface area contributed by atoms with Crippen LogP contribution in [0.4, 0.5) is 5.69 Å². The lowest BCUT2D eigenvalue weighted by Gasteiger charge is -2.23. The van der Waals surface area contributed by atoms with Gasteiger partial charge in [0.15, 0.2) is 0 Å². The summed E-state index contributed by atoms with van der Waals surface area (Å²) in [6.45, 7) is 1.78. The zero-order valence-corrected chi connectivity index (χ0v) is 17.6. The second kappa shape index (κ2) is 8.26. The van der Waals surface area contributed by atoms with E-state index in [1.165, 1.54) is 44.6 Å². The molecule has 0 aliphatic heterocycles. The Morgan fingerprint density at radius 1 is 1.14 bits per heavy atom. The van der Waals surface area contributed by atoms with Crippen molar-refractivity contribution < 1.29 is 27.1 Å². The normalized spacial score (nSPS) is 11.4. The van der Waals surface area contributed by atoms with Gasteiger partial charge in [0, 0.05) is 12.5 Å². The first kappa shape index (κ1) is 20.9. The van der Waals surface area contributed by atoms with Crippen molar-refractivity contribution >= 4 is 43.2 Å². The molecule has 1 amide bonds. The highest BCUT2D eigenvalue weighted by Crippen LogP contribution is 2.34. The van der Waals surface area contributed by atoms with E-state index in [0.29, 0.717) is 22.5 Å². The molecular formula is C19H19NO7S2. The first-order valence-electron chi connectivity index (χ1n) is 8.65. The molecule has 0 saturated carbocycles. The Morgan fingerprint density at radius 3 is 2.55 bits per heavy atom. The summed E-state index contributed by atoms with van der Waals surface area (Å²) >= 11 is 0.829. The second-order valence-electron chi connectivity index (χ2n) is 6.02. The lowest BCUT2D eigenvalue weighted by molar-refractivity contribution is -0.117. The Bertz CT molecular complexity index is 1210. The predicted octanol–water partition coefficient (Wildman–Crippen LogP) is 3.39. The van der Waals surface area contributed by atoms with Gasteiger partial charge in [0.25, 0.3) is 10.0 Å². The summed E-state index contributed by atoms with van der Waals surface area (Å²) in [7, 11) is -1.59. The number of benzene rings is 2. The molecule has 1 heterocycles. The largest absolute Gasteiger partial charge is 0.497 e. The zero-order chi connectivity index (χ0) is 21.2. The van der Waals surface area contributed by atoms with Gasteiger partial charge in [-0.05, 0) is 36.8 Å². The standard InChI is InChI=1S/C19H19NO7S2/c1-4-5-18(21)20(12-6-8-14-16(10-12)28-19(22)27-14)29(23,24)17-11-13(25-2)7-9-15(17)26-3/h6-11H,4-5H2,1-3H3. The SMILES string of the molecule is CCCC(=O)N(c1ccc2oc(=O)sc2c1)S(=O)(=O)c1cc(OC)ccc1OC. The van der Waals surface area contributed by atoms with Crippen LogP contribution in [0.15, 0.2) is 50.5 Å². The molecule has 29 heavy (non-hydrogen) atoms. The number of carbonyl (C=O) groups excluding carboxylic acids is 1. The third-order valence-electron chi connectivity index (χ3n) is 4.13. The van der Waals surface area contributed by atoms with Crippen LogP contribution in [0.5, 0.6) is 11.5 Å². The molecule has 0 atom stereocenters. The minimum atomic E-state index is -4.34. The average molecular weight is 437 g/mol. The molecule has 0 aliphatic rings. The fraction of sp³-hybridized carbons (Fsp3) is 0.263. The molecule has 0 spiro atoms. The number of sulfonamides is 1. The molecule has 154 valence electrons. The summed E-state index contributed by atoms with van der Waals surface area (Å²) in [4.78, 5) is 23.6. The Labute approximate surface area is 171 Å². The maximum Gasteiger partial charge on any atom is 0.396 e. The zero-order valence-electron chi connectivity index (χ0n) is 16.0. The van der Waals surface area contributed by atoms with Gasteiger partial charge in [-0.15, -0.1) is 0 Å². The monoisotopic (exact) mass is 437 g/mol. The van der Waals surface area contributed by atoms with Crippen LogP contribution in [0.2, 0.25) is 0 Å². The molecule has 0 fully saturated rings. The summed E-state index contributed by atoms with van der Waals surface area (Å²) in [5.41, 5.74) is 0.431. The first-order chi connectivity index (χ1) is 13.8. The predicted molar refractivity (Wildman–Crippen MR) is 109 cm³/mol. The van der Waals surface area contributed by atoms with Crippen molar-refractivity contribution in [1.82, 2.24) is 0 Å².